The fraction of sp³-hybridized carbons (Fsp3) is 0.304. The lowest BCUT2D eigenvalue weighted by atomic mass is 9.95. The van der Waals surface area contributed by atoms with Crippen LogP contribution >= 0.6 is 0 Å². The van der Waals surface area contributed by atoms with E-state index in [9.17, 15) is 24.8 Å². The fourth-order valence-electron chi connectivity index (χ4n) is 3.75. The van der Waals surface area contributed by atoms with E-state index >= 15 is 0 Å². The van der Waals surface area contributed by atoms with Gasteiger partial charge < -0.3 is 19.6 Å². The maximum absolute atomic E-state index is 13.0. The monoisotopic (exact) mass is 439 g/mol. The highest BCUT2D eigenvalue weighted by molar-refractivity contribution is 6.46. The summed E-state index contributed by atoms with van der Waals surface area (Å²) < 4.78 is 5.19. The number of hydrogen-bond donors (Lipinski definition) is 1. The molecule has 2 aromatic carbocycles. The van der Waals surface area contributed by atoms with Gasteiger partial charge in [-0.3, -0.25) is 19.7 Å². The molecule has 1 atom stereocenters. The fourth-order valence-corrected chi connectivity index (χ4v) is 3.75. The lowest BCUT2D eigenvalue weighted by molar-refractivity contribution is -0.384. The summed E-state index contributed by atoms with van der Waals surface area (Å²) in [5.41, 5.74) is 0.426. The topological polar surface area (TPSA) is 113 Å². The molecule has 0 spiro atoms. The van der Waals surface area contributed by atoms with Gasteiger partial charge in [0.15, 0.2) is 0 Å². The summed E-state index contributed by atoms with van der Waals surface area (Å²) in [5, 5.41) is 22.4. The molecule has 1 N–H and O–H groups in total. The number of methoxy groups -OCH3 is 1. The highest BCUT2D eigenvalue weighted by Gasteiger charge is 2.46. The quantitative estimate of drug-likeness (QED) is 0.221. The Bertz CT molecular complexity index is 1080. The van der Waals surface area contributed by atoms with Gasteiger partial charge in [0, 0.05) is 24.2 Å². The third kappa shape index (κ3) is 4.62. The summed E-state index contributed by atoms with van der Waals surface area (Å²) >= 11 is 0. The molecule has 3 rings (SSSR count). The van der Waals surface area contributed by atoms with Crippen LogP contribution in [0.5, 0.6) is 5.75 Å². The Balaban J connectivity index is 2.14. The number of rotatable bonds is 8. The first kappa shape index (κ1) is 23.0. The second-order valence-electron chi connectivity index (χ2n) is 7.73. The summed E-state index contributed by atoms with van der Waals surface area (Å²) in [7, 11) is 5.27. The summed E-state index contributed by atoms with van der Waals surface area (Å²) in [6, 6.07) is 11.3. The van der Waals surface area contributed by atoms with Crippen molar-refractivity contribution in [1.82, 2.24) is 9.80 Å². The largest absolute Gasteiger partial charge is 0.507 e. The van der Waals surface area contributed by atoms with E-state index in [0.717, 1.165) is 0 Å². The third-order valence-electron chi connectivity index (χ3n) is 5.28. The van der Waals surface area contributed by atoms with E-state index in [1.165, 1.54) is 30.2 Å². The lowest BCUT2D eigenvalue weighted by Gasteiger charge is -2.25. The van der Waals surface area contributed by atoms with Crippen LogP contribution in [0.3, 0.4) is 0 Å². The average Bonchev–Trinajstić information content (AvgIpc) is 3.03. The van der Waals surface area contributed by atoms with Gasteiger partial charge in [0.2, 0.25) is 0 Å². The van der Waals surface area contributed by atoms with Crippen molar-refractivity contribution in [2.75, 3.05) is 34.3 Å². The minimum atomic E-state index is -0.941. The molecular formula is C23H25N3O6. The number of carbonyl (C=O) groups is 2. The molecule has 1 aliphatic rings. The van der Waals surface area contributed by atoms with Crippen molar-refractivity contribution in [1.29, 1.82) is 0 Å². The maximum atomic E-state index is 13.0. The van der Waals surface area contributed by atoms with Crippen molar-refractivity contribution in [3.05, 3.63) is 75.3 Å². The Kier molecular flexibility index (Phi) is 6.89. The molecule has 1 saturated heterocycles. The number of likely N-dealkylation sites (tertiary alicyclic amines) is 1. The van der Waals surface area contributed by atoms with E-state index in [1.54, 1.807) is 30.3 Å². The van der Waals surface area contributed by atoms with E-state index in [1.807, 2.05) is 19.0 Å². The number of nitro groups is 1. The van der Waals surface area contributed by atoms with Crippen LogP contribution in [0.25, 0.3) is 5.76 Å². The number of nitrogens with zero attached hydrogens (tertiary/aromatic N) is 3. The number of ether oxygens (including phenoxy) is 1. The molecule has 1 fully saturated rings. The van der Waals surface area contributed by atoms with Crippen LogP contribution < -0.4 is 4.74 Å². The second kappa shape index (κ2) is 9.61. The van der Waals surface area contributed by atoms with Gasteiger partial charge in [-0.1, -0.05) is 24.3 Å². The first-order chi connectivity index (χ1) is 15.2. The van der Waals surface area contributed by atoms with Crippen molar-refractivity contribution in [3.8, 4) is 5.75 Å². The van der Waals surface area contributed by atoms with E-state index < -0.39 is 22.7 Å². The SMILES string of the molecule is COc1cccc(C(O)=C2C(=O)C(=O)N(CCCN(C)C)C2c2cccc([N+](=O)[O-])c2)c1. The molecule has 0 aliphatic carbocycles. The molecular weight excluding hydrogens is 414 g/mol. The Morgan fingerprint density at radius 2 is 1.91 bits per heavy atom. The number of nitro benzene ring substituents is 1. The molecule has 1 unspecified atom stereocenters. The number of aliphatic hydroxyl groups excluding tert-OH is 1. The van der Waals surface area contributed by atoms with Crippen LogP contribution in [0.15, 0.2) is 54.1 Å². The molecule has 1 heterocycles. The smallest absolute Gasteiger partial charge is 0.295 e. The van der Waals surface area contributed by atoms with Gasteiger partial charge in [0.05, 0.1) is 23.6 Å². The van der Waals surface area contributed by atoms with E-state index in [0.29, 0.717) is 29.8 Å². The number of hydrogen-bond acceptors (Lipinski definition) is 7. The Morgan fingerprint density at radius 1 is 1.19 bits per heavy atom. The summed E-state index contributed by atoms with van der Waals surface area (Å²) in [5.74, 6) is -1.45. The van der Waals surface area contributed by atoms with Crippen molar-refractivity contribution >= 4 is 23.1 Å². The van der Waals surface area contributed by atoms with Gasteiger partial charge in [-0.25, -0.2) is 0 Å². The zero-order chi connectivity index (χ0) is 23.4. The maximum Gasteiger partial charge on any atom is 0.295 e. The number of carbonyl (C=O) groups excluding carboxylic acids is 2. The van der Waals surface area contributed by atoms with E-state index in [-0.39, 0.29) is 23.6 Å². The first-order valence-corrected chi connectivity index (χ1v) is 10.1. The minimum absolute atomic E-state index is 0.103. The van der Waals surface area contributed by atoms with Gasteiger partial charge in [-0.05, 0) is 44.8 Å². The van der Waals surface area contributed by atoms with Crippen LogP contribution in [0.1, 0.15) is 23.6 Å². The summed E-state index contributed by atoms with van der Waals surface area (Å²) in [4.78, 5) is 40.0. The second-order valence-corrected chi connectivity index (χ2v) is 7.73. The Morgan fingerprint density at radius 3 is 2.56 bits per heavy atom. The number of Topliss-reactive ketones (excluding diaryl/α,β-unsaturated/α-hetero) is 1. The number of amides is 1. The van der Waals surface area contributed by atoms with Gasteiger partial charge >= 0.3 is 0 Å². The molecule has 2 aromatic rings. The van der Waals surface area contributed by atoms with Crippen molar-refractivity contribution in [2.24, 2.45) is 0 Å². The molecule has 9 nitrogen and oxygen atoms in total. The van der Waals surface area contributed by atoms with E-state index in [2.05, 4.69) is 0 Å². The summed E-state index contributed by atoms with van der Waals surface area (Å²) in [6.45, 7) is 0.936. The molecule has 9 heteroatoms. The third-order valence-corrected chi connectivity index (χ3v) is 5.28. The predicted octanol–water partition coefficient (Wildman–Crippen LogP) is 2.98. The molecule has 0 aromatic heterocycles. The van der Waals surface area contributed by atoms with Crippen LogP contribution in [0, 0.1) is 10.1 Å². The standard InChI is InChI=1S/C23H25N3O6/c1-24(2)11-6-12-25-20(15-7-4-9-17(13-15)26(30)31)19(22(28)23(25)29)21(27)16-8-5-10-18(14-16)32-3/h4-5,7-10,13-14,20,27H,6,11-12H2,1-3H3. The molecule has 1 aliphatic heterocycles. The number of aliphatic hydroxyl groups is 1. The average molecular weight is 439 g/mol. The minimum Gasteiger partial charge on any atom is -0.507 e. The lowest BCUT2D eigenvalue weighted by Crippen LogP contribution is -2.32. The van der Waals surface area contributed by atoms with Gasteiger partial charge in [0.25, 0.3) is 17.4 Å². The molecule has 0 saturated carbocycles. The van der Waals surface area contributed by atoms with E-state index in [4.69, 9.17) is 4.74 Å². The molecule has 0 radical (unpaired) electrons. The van der Waals surface area contributed by atoms with Crippen LogP contribution in [-0.4, -0.2) is 65.8 Å². The first-order valence-electron chi connectivity index (χ1n) is 10.1. The Hall–Kier alpha value is -3.72. The summed E-state index contributed by atoms with van der Waals surface area (Å²) in [6.07, 6.45) is 0.588. The molecule has 32 heavy (non-hydrogen) atoms. The molecule has 168 valence electrons. The zero-order valence-corrected chi connectivity index (χ0v) is 18.1. The molecule has 0 bridgehead atoms. The predicted molar refractivity (Wildman–Crippen MR) is 118 cm³/mol. The van der Waals surface area contributed by atoms with Gasteiger partial charge in [-0.2, -0.15) is 0 Å². The zero-order valence-electron chi connectivity index (χ0n) is 18.1. The highest BCUT2D eigenvalue weighted by atomic mass is 16.6. The normalized spacial score (nSPS) is 17.8. The van der Waals surface area contributed by atoms with Gasteiger partial charge in [0.1, 0.15) is 11.5 Å². The van der Waals surface area contributed by atoms with Crippen LogP contribution in [-0.2, 0) is 9.59 Å². The molecule has 1 amide bonds. The number of ketones is 1. The van der Waals surface area contributed by atoms with Crippen molar-refractivity contribution < 1.29 is 24.4 Å². The number of non-ortho nitro benzene ring substituents is 1. The van der Waals surface area contributed by atoms with Crippen LogP contribution in [0.2, 0.25) is 0 Å². The Labute approximate surface area is 185 Å². The highest BCUT2D eigenvalue weighted by Crippen LogP contribution is 2.40. The van der Waals surface area contributed by atoms with Crippen molar-refractivity contribution in [3.63, 3.8) is 0 Å². The van der Waals surface area contributed by atoms with Crippen molar-refractivity contribution in [2.45, 2.75) is 12.5 Å². The van der Waals surface area contributed by atoms with Gasteiger partial charge in [-0.15, -0.1) is 0 Å². The number of benzene rings is 2. The van der Waals surface area contributed by atoms with Crippen LogP contribution in [0.4, 0.5) is 5.69 Å².